The average Bonchev–Trinajstić information content (AvgIpc) is 2.82. The first kappa shape index (κ1) is 17.2. The molecule has 1 aliphatic rings. The number of hydrogen-bond acceptors (Lipinski definition) is 5. The molecule has 124 valence electrons. The highest BCUT2D eigenvalue weighted by Crippen LogP contribution is 2.35. The van der Waals surface area contributed by atoms with E-state index in [4.69, 9.17) is 14.8 Å². The Balaban J connectivity index is 2.35. The zero-order valence-corrected chi connectivity index (χ0v) is 13.5. The summed E-state index contributed by atoms with van der Waals surface area (Å²) in [5, 5.41) is 19.7. The van der Waals surface area contributed by atoms with E-state index in [1.807, 2.05) is 6.07 Å². The molecule has 1 aromatic rings. The largest absolute Gasteiger partial charge is 0.442 e. The maximum atomic E-state index is 14.0. The quantitative estimate of drug-likeness (QED) is 0.859. The first-order valence-corrected chi connectivity index (χ1v) is 7.19. The van der Waals surface area contributed by atoms with Crippen LogP contribution in [0.1, 0.15) is 49.9 Å². The molecule has 6 nitrogen and oxygen atoms in total. The molecule has 1 amide bonds. The maximum Gasteiger partial charge on any atom is 0.435 e. The average molecular weight is 322 g/mol. The van der Waals surface area contributed by atoms with Crippen molar-refractivity contribution in [1.82, 2.24) is 5.06 Å². The van der Waals surface area contributed by atoms with Gasteiger partial charge in [0.25, 0.3) is 0 Å². The molecule has 1 unspecified atom stereocenters. The molecule has 2 atom stereocenters. The Morgan fingerprint density at radius 2 is 2.17 bits per heavy atom. The van der Waals surface area contributed by atoms with Crippen LogP contribution in [0.4, 0.5) is 9.18 Å². The molecule has 0 spiro atoms. The van der Waals surface area contributed by atoms with Crippen molar-refractivity contribution >= 4 is 6.09 Å². The molecule has 1 aromatic carbocycles. The Morgan fingerprint density at radius 3 is 2.74 bits per heavy atom. The second-order valence-electron chi connectivity index (χ2n) is 6.40. The molecule has 0 radical (unpaired) electrons. The molecular formula is C16H19FN2O4. The van der Waals surface area contributed by atoms with Gasteiger partial charge in [-0.05, 0) is 45.4 Å². The molecule has 0 bridgehead atoms. The van der Waals surface area contributed by atoms with Gasteiger partial charge in [0.1, 0.15) is 11.4 Å². The van der Waals surface area contributed by atoms with Crippen molar-refractivity contribution < 1.29 is 23.9 Å². The number of benzene rings is 1. The lowest BCUT2D eigenvalue weighted by Gasteiger charge is -2.27. The number of amides is 1. The molecule has 1 saturated heterocycles. The normalized spacial score (nSPS) is 21.2. The standard InChI is InChI=1S/C16H19FN2O4/c1-9-11(8-18)5-10(6-12(9)17)13-7-14(20)23-19(13)15(21)22-16(2,3)4/h5-6,13-14,20H,7H2,1-4H3/t13-,14?/m0/s1. The predicted octanol–water partition coefficient (Wildman–Crippen LogP) is 2.94. The number of carbonyl (C=O) groups is 1. The summed E-state index contributed by atoms with van der Waals surface area (Å²) in [6.07, 6.45) is -1.92. The lowest BCUT2D eigenvalue weighted by atomic mass is 9.98. The predicted molar refractivity (Wildman–Crippen MR) is 78.4 cm³/mol. The third-order valence-electron chi connectivity index (χ3n) is 3.39. The topological polar surface area (TPSA) is 82.8 Å². The lowest BCUT2D eigenvalue weighted by Crippen LogP contribution is -2.36. The number of ether oxygens (including phenoxy) is 1. The molecule has 0 aromatic heterocycles. The molecule has 23 heavy (non-hydrogen) atoms. The third kappa shape index (κ3) is 3.78. The highest BCUT2D eigenvalue weighted by atomic mass is 19.1. The van der Waals surface area contributed by atoms with Crippen LogP contribution in [0.3, 0.4) is 0 Å². The van der Waals surface area contributed by atoms with Crippen LogP contribution in [0.5, 0.6) is 0 Å². The van der Waals surface area contributed by atoms with Crippen LogP contribution in [-0.2, 0) is 9.57 Å². The van der Waals surface area contributed by atoms with Crippen molar-refractivity contribution in [2.45, 2.75) is 52.0 Å². The van der Waals surface area contributed by atoms with E-state index in [1.165, 1.54) is 19.1 Å². The summed E-state index contributed by atoms with van der Waals surface area (Å²) in [6.45, 7) is 6.60. The van der Waals surface area contributed by atoms with Gasteiger partial charge in [-0.2, -0.15) is 10.3 Å². The van der Waals surface area contributed by atoms with Crippen LogP contribution >= 0.6 is 0 Å². The Labute approximate surface area is 134 Å². The zero-order chi connectivity index (χ0) is 17.4. The minimum atomic E-state index is -1.21. The van der Waals surface area contributed by atoms with E-state index >= 15 is 0 Å². The van der Waals surface area contributed by atoms with Crippen molar-refractivity contribution in [3.8, 4) is 6.07 Å². The number of hydrogen-bond donors (Lipinski definition) is 1. The van der Waals surface area contributed by atoms with Crippen LogP contribution < -0.4 is 0 Å². The number of aliphatic hydroxyl groups excluding tert-OH is 1. The van der Waals surface area contributed by atoms with E-state index in [1.54, 1.807) is 20.8 Å². The van der Waals surface area contributed by atoms with E-state index in [2.05, 4.69) is 0 Å². The van der Waals surface area contributed by atoms with Gasteiger partial charge in [0.2, 0.25) is 0 Å². The monoisotopic (exact) mass is 322 g/mol. The Kier molecular flexibility index (Phi) is 4.59. The van der Waals surface area contributed by atoms with E-state index in [-0.39, 0.29) is 17.5 Å². The van der Waals surface area contributed by atoms with Gasteiger partial charge in [-0.25, -0.2) is 14.0 Å². The van der Waals surface area contributed by atoms with Gasteiger partial charge in [0.15, 0.2) is 6.29 Å². The molecular weight excluding hydrogens is 303 g/mol. The second kappa shape index (κ2) is 6.14. The summed E-state index contributed by atoms with van der Waals surface area (Å²) < 4.78 is 19.2. The summed E-state index contributed by atoms with van der Waals surface area (Å²) in [5.74, 6) is -0.551. The van der Waals surface area contributed by atoms with Crippen molar-refractivity contribution in [3.63, 3.8) is 0 Å². The van der Waals surface area contributed by atoms with Gasteiger partial charge >= 0.3 is 6.09 Å². The van der Waals surface area contributed by atoms with Crippen molar-refractivity contribution in [3.05, 3.63) is 34.6 Å². The molecule has 2 rings (SSSR count). The first-order valence-electron chi connectivity index (χ1n) is 7.19. The fourth-order valence-corrected chi connectivity index (χ4v) is 2.29. The Morgan fingerprint density at radius 1 is 1.52 bits per heavy atom. The van der Waals surface area contributed by atoms with Crippen LogP contribution in [0, 0.1) is 24.1 Å². The lowest BCUT2D eigenvalue weighted by molar-refractivity contribution is -0.207. The van der Waals surface area contributed by atoms with Gasteiger partial charge in [-0.1, -0.05) is 0 Å². The first-order chi connectivity index (χ1) is 10.6. The SMILES string of the molecule is Cc1c(F)cc([C@@H]2CC(O)ON2C(=O)OC(C)(C)C)cc1C#N. The van der Waals surface area contributed by atoms with E-state index in [9.17, 15) is 14.3 Å². The fraction of sp³-hybridized carbons (Fsp3) is 0.500. The number of carbonyl (C=O) groups excluding carboxylic acids is 1. The van der Waals surface area contributed by atoms with Gasteiger partial charge < -0.3 is 9.84 Å². The number of nitriles is 1. The van der Waals surface area contributed by atoms with E-state index in [0.29, 0.717) is 5.56 Å². The smallest absolute Gasteiger partial charge is 0.435 e. The van der Waals surface area contributed by atoms with Crippen LogP contribution in [0.25, 0.3) is 0 Å². The van der Waals surface area contributed by atoms with Gasteiger partial charge in [-0.15, -0.1) is 0 Å². The summed E-state index contributed by atoms with van der Waals surface area (Å²) in [5.41, 5.74) is 0.0339. The summed E-state index contributed by atoms with van der Waals surface area (Å²) in [4.78, 5) is 17.3. The highest BCUT2D eigenvalue weighted by Gasteiger charge is 2.40. The number of halogens is 1. The third-order valence-corrected chi connectivity index (χ3v) is 3.39. The highest BCUT2D eigenvalue weighted by molar-refractivity contribution is 5.68. The summed E-state index contributed by atoms with van der Waals surface area (Å²) >= 11 is 0. The number of aliphatic hydroxyl groups is 1. The van der Waals surface area contributed by atoms with Crippen molar-refractivity contribution in [2.24, 2.45) is 0 Å². The van der Waals surface area contributed by atoms with Crippen molar-refractivity contribution in [1.29, 1.82) is 5.26 Å². The molecule has 1 aliphatic heterocycles. The summed E-state index contributed by atoms with van der Waals surface area (Å²) in [6, 6.07) is 3.90. The van der Waals surface area contributed by atoms with Gasteiger partial charge in [0.05, 0.1) is 17.7 Å². The van der Waals surface area contributed by atoms with Gasteiger partial charge in [-0.3, -0.25) is 0 Å². The number of hydroxylamine groups is 2. The van der Waals surface area contributed by atoms with E-state index in [0.717, 1.165) is 5.06 Å². The molecule has 1 heterocycles. The molecule has 7 heteroatoms. The molecule has 1 fully saturated rings. The maximum absolute atomic E-state index is 14.0. The molecule has 0 saturated carbocycles. The number of nitrogens with zero attached hydrogens (tertiary/aromatic N) is 2. The molecule has 1 N–H and O–H groups in total. The summed E-state index contributed by atoms with van der Waals surface area (Å²) in [7, 11) is 0. The minimum Gasteiger partial charge on any atom is -0.442 e. The van der Waals surface area contributed by atoms with Crippen LogP contribution in [0.2, 0.25) is 0 Å². The van der Waals surface area contributed by atoms with E-state index < -0.39 is 29.8 Å². The molecule has 0 aliphatic carbocycles. The van der Waals surface area contributed by atoms with Gasteiger partial charge in [0, 0.05) is 12.0 Å². The minimum absolute atomic E-state index is 0.0621. The van der Waals surface area contributed by atoms with Crippen molar-refractivity contribution in [2.75, 3.05) is 0 Å². The Bertz CT molecular complexity index is 663. The Hall–Kier alpha value is -2.17. The number of rotatable bonds is 1. The van der Waals surface area contributed by atoms with Crippen LogP contribution in [-0.4, -0.2) is 28.2 Å². The zero-order valence-electron chi connectivity index (χ0n) is 13.5. The second-order valence-corrected chi connectivity index (χ2v) is 6.40. The fourth-order valence-electron chi connectivity index (χ4n) is 2.29. The van der Waals surface area contributed by atoms with Crippen LogP contribution in [0.15, 0.2) is 12.1 Å².